The van der Waals surface area contributed by atoms with Crippen LogP contribution in [-0.4, -0.2) is 54.1 Å². The lowest BCUT2D eigenvalue weighted by Gasteiger charge is -2.34. The van der Waals surface area contributed by atoms with Gasteiger partial charge in [-0.15, -0.1) is 0 Å². The highest BCUT2D eigenvalue weighted by atomic mass is 16.6. The minimum Gasteiger partial charge on any atom is -0.444 e. The maximum absolute atomic E-state index is 12.3. The lowest BCUT2D eigenvalue weighted by atomic mass is 9.95. The third-order valence-corrected chi connectivity index (χ3v) is 4.51. The van der Waals surface area contributed by atoms with Crippen molar-refractivity contribution in [2.75, 3.05) is 26.7 Å². The van der Waals surface area contributed by atoms with Crippen molar-refractivity contribution in [3.63, 3.8) is 0 Å². The maximum atomic E-state index is 12.3. The van der Waals surface area contributed by atoms with E-state index in [4.69, 9.17) is 4.74 Å². The van der Waals surface area contributed by atoms with Crippen LogP contribution < -0.4 is 0 Å². The molecule has 1 atom stereocenters. The number of hydrogen-bond acceptors (Lipinski definition) is 3. The van der Waals surface area contributed by atoms with Gasteiger partial charge in [0.2, 0.25) is 5.91 Å². The van der Waals surface area contributed by atoms with Crippen LogP contribution in [0.4, 0.5) is 4.79 Å². The molecule has 0 aromatic carbocycles. The van der Waals surface area contributed by atoms with Crippen molar-refractivity contribution in [2.45, 2.75) is 72.3 Å². The summed E-state index contributed by atoms with van der Waals surface area (Å²) in [7, 11) is 1.79. The molecule has 1 unspecified atom stereocenters. The van der Waals surface area contributed by atoms with Crippen molar-refractivity contribution in [1.82, 2.24) is 9.80 Å². The standard InChI is InChI=1S/C19H36N2O3/c1-7-8-15(2)13-17(22)21-11-9-16(10-12-21)14-20(6)18(23)24-19(3,4)5/h15-16H,7-14H2,1-6H3. The average molecular weight is 341 g/mol. The Morgan fingerprint density at radius 1 is 1.25 bits per heavy atom. The van der Waals surface area contributed by atoms with E-state index in [-0.39, 0.29) is 12.0 Å². The summed E-state index contributed by atoms with van der Waals surface area (Å²) in [6.45, 7) is 12.3. The van der Waals surface area contributed by atoms with Gasteiger partial charge in [-0.25, -0.2) is 4.79 Å². The molecule has 1 heterocycles. The van der Waals surface area contributed by atoms with E-state index in [1.165, 1.54) is 0 Å². The smallest absolute Gasteiger partial charge is 0.410 e. The van der Waals surface area contributed by atoms with Crippen molar-refractivity contribution >= 4 is 12.0 Å². The monoisotopic (exact) mass is 340 g/mol. The summed E-state index contributed by atoms with van der Waals surface area (Å²) in [4.78, 5) is 28.0. The molecule has 0 aliphatic carbocycles. The molecule has 0 bridgehead atoms. The van der Waals surface area contributed by atoms with Gasteiger partial charge in [0.1, 0.15) is 5.60 Å². The number of likely N-dealkylation sites (tertiary alicyclic amines) is 1. The van der Waals surface area contributed by atoms with E-state index in [1.807, 2.05) is 25.7 Å². The molecule has 24 heavy (non-hydrogen) atoms. The fourth-order valence-electron chi connectivity index (χ4n) is 3.19. The third-order valence-electron chi connectivity index (χ3n) is 4.51. The predicted molar refractivity (Wildman–Crippen MR) is 96.9 cm³/mol. The Balaban J connectivity index is 2.35. The van der Waals surface area contributed by atoms with E-state index >= 15 is 0 Å². The van der Waals surface area contributed by atoms with Crippen LogP contribution in [0.2, 0.25) is 0 Å². The minimum absolute atomic E-state index is 0.269. The Morgan fingerprint density at radius 2 is 1.83 bits per heavy atom. The molecule has 0 aromatic heterocycles. The molecule has 0 radical (unpaired) electrons. The van der Waals surface area contributed by atoms with Crippen molar-refractivity contribution in [3.8, 4) is 0 Å². The Labute approximate surface area is 147 Å². The predicted octanol–water partition coefficient (Wildman–Crippen LogP) is 3.92. The van der Waals surface area contributed by atoms with Gasteiger partial charge in [0.25, 0.3) is 0 Å². The van der Waals surface area contributed by atoms with Gasteiger partial charge in [-0.2, -0.15) is 0 Å². The first-order valence-electron chi connectivity index (χ1n) is 9.34. The topological polar surface area (TPSA) is 49.9 Å². The Kier molecular flexibility index (Phi) is 8.04. The molecule has 1 aliphatic rings. The maximum Gasteiger partial charge on any atom is 0.410 e. The highest BCUT2D eigenvalue weighted by molar-refractivity contribution is 5.76. The van der Waals surface area contributed by atoms with Crippen LogP contribution in [0.3, 0.4) is 0 Å². The van der Waals surface area contributed by atoms with Crippen molar-refractivity contribution < 1.29 is 14.3 Å². The van der Waals surface area contributed by atoms with Crippen LogP contribution >= 0.6 is 0 Å². The number of hydrogen-bond donors (Lipinski definition) is 0. The van der Waals surface area contributed by atoms with Crippen LogP contribution in [0.5, 0.6) is 0 Å². The molecule has 5 nitrogen and oxygen atoms in total. The second-order valence-electron chi connectivity index (χ2n) is 8.28. The number of nitrogens with zero attached hydrogens (tertiary/aromatic N) is 2. The van der Waals surface area contributed by atoms with Gasteiger partial charge in [-0.05, 0) is 45.4 Å². The van der Waals surface area contributed by atoms with Crippen molar-refractivity contribution in [2.24, 2.45) is 11.8 Å². The summed E-state index contributed by atoms with van der Waals surface area (Å²) < 4.78 is 5.39. The minimum atomic E-state index is -0.462. The molecular formula is C19H36N2O3. The second kappa shape index (κ2) is 9.28. The van der Waals surface area contributed by atoms with Gasteiger partial charge < -0.3 is 14.5 Å². The zero-order valence-electron chi connectivity index (χ0n) is 16.4. The Hall–Kier alpha value is -1.26. The van der Waals surface area contributed by atoms with E-state index in [9.17, 15) is 9.59 Å². The summed E-state index contributed by atoms with van der Waals surface area (Å²) in [5.74, 6) is 1.20. The Morgan fingerprint density at radius 3 is 2.33 bits per heavy atom. The molecule has 1 saturated heterocycles. The number of carbonyl (C=O) groups is 2. The lowest BCUT2D eigenvalue weighted by molar-refractivity contribution is -0.133. The molecule has 0 N–H and O–H groups in total. The molecule has 5 heteroatoms. The molecule has 1 fully saturated rings. The average Bonchev–Trinajstić information content (AvgIpc) is 2.46. The summed E-state index contributed by atoms with van der Waals surface area (Å²) in [6, 6.07) is 0. The summed E-state index contributed by atoms with van der Waals surface area (Å²) in [5, 5.41) is 0. The first-order valence-corrected chi connectivity index (χ1v) is 9.34. The van der Waals surface area contributed by atoms with Crippen molar-refractivity contribution in [1.29, 1.82) is 0 Å². The van der Waals surface area contributed by atoms with E-state index in [2.05, 4.69) is 13.8 Å². The third kappa shape index (κ3) is 7.54. The number of piperidine rings is 1. The fraction of sp³-hybridized carbons (Fsp3) is 0.895. The molecule has 0 aromatic rings. The van der Waals surface area contributed by atoms with Gasteiger partial charge in [-0.3, -0.25) is 4.79 Å². The van der Waals surface area contributed by atoms with Gasteiger partial charge in [0.05, 0.1) is 0 Å². The summed E-state index contributed by atoms with van der Waals surface area (Å²) in [5.41, 5.74) is -0.462. The first kappa shape index (κ1) is 20.8. The van der Waals surface area contributed by atoms with E-state index in [0.717, 1.165) is 38.8 Å². The normalized spacial score (nSPS) is 17.5. The number of amides is 2. The summed E-state index contributed by atoms with van der Waals surface area (Å²) >= 11 is 0. The largest absolute Gasteiger partial charge is 0.444 e. The van der Waals surface area contributed by atoms with Crippen molar-refractivity contribution in [3.05, 3.63) is 0 Å². The van der Waals surface area contributed by atoms with Gasteiger partial charge in [-0.1, -0.05) is 26.7 Å². The second-order valence-corrected chi connectivity index (χ2v) is 8.28. The number of ether oxygens (including phenoxy) is 1. The number of carbonyl (C=O) groups excluding carboxylic acids is 2. The van der Waals surface area contributed by atoms with Crippen LogP contribution in [0.25, 0.3) is 0 Å². The molecule has 2 amide bonds. The van der Waals surface area contributed by atoms with Crippen LogP contribution in [0, 0.1) is 11.8 Å². The van der Waals surface area contributed by atoms with Crippen LogP contribution in [0.1, 0.15) is 66.7 Å². The lowest BCUT2D eigenvalue weighted by Crippen LogP contribution is -2.43. The number of rotatable bonds is 6. The first-order chi connectivity index (χ1) is 11.1. The Bertz CT molecular complexity index is 409. The molecule has 1 rings (SSSR count). The SMILES string of the molecule is CCCC(C)CC(=O)N1CCC(CN(C)C(=O)OC(C)(C)C)CC1. The van der Waals surface area contributed by atoms with Gasteiger partial charge in [0.15, 0.2) is 0 Å². The zero-order chi connectivity index (χ0) is 18.3. The molecule has 0 saturated carbocycles. The highest BCUT2D eigenvalue weighted by Crippen LogP contribution is 2.21. The summed E-state index contributed by atoms with van der Waals surface area (Å²) in [6.07, 6.45) is 4.56. The molecule has 140 valence electrons. The highest BCUT2D eigenvalue weighted by Gasteiger charge is 2.26. The van der Waals surface area contributed by atoms with Gasteiger partial charge in [0, 0.05) is 33.1 Å². The van der Waals surface area contributed by atoms with E-state index in [0.29, 0.717) is 24.8 Å². The van der Waals surface area contributed by atoms with Gasteiger partial charge >= 0.3 is 6.09 Å². The quantitative estimate of drug-likeness (QED) is 0.736. The molecule has 0 spiro atoms. The van der Waals surface area contributed by atoms with Crippen LogP contribution in [-0.2, 0) is 9.53 Å². The molecular weight excluding hydrogens is 304 g/mol. The van der Waals surface area contributed by atoms with E-state index in [1.54, 1.807) is 11.9 Å². The van der Waals surface area contributed by atoms with Crippen LogP contribution in [0.15, 0.2) is 0 Å². The molecule has 1 aliphatic heterocycles. The fourth-order valence-corrected chi connectivity index (χ4v) is 3.19. The zero-order valence-corrected chi connectivity index (χ0v) is 16.4. The van der Waals surface area contributed by atoms with E-state index < -0.39 is 5.60 Å².